The minimum absolute atomic E-state index is 0.00452. The van der Waals surface area contributed by atoms with Gasteiger partial charge in [0, 0.05) is 35.1 Å². The largest absolute Gasteiger partial charge is 0.387 e. The SMILES string of the molecule is [B]c1cc2c(c([B])c1CN([B])C(=O)C(F)(F)c1ccc(Cl)cc1)C([B])N(C1CCC(=O)NC1=O)C2=O. The van der Waals surface area contributed by atoms with Crippen molar-refractivity contribution in [3.8, 4) is 0 Å². The smallest absolute Gasteiger partial charge is 0.348 e. The molecule has 1 fully saturated rings. The minimum atomic E-state index is -3.98. The zero-order chi connectivity index (χ0) is 26.5. The molecule has 2 unspecified atom stereocenters. The second-order valence-electron chi connectivity index (χ2n) is 8.46. The topological polar surface area (TPSA) is 86.8 Å². The van der Waals surface area contributed by atoms with Crippen LogP contribution in [0.15, 0.2) is 30.3 Å². The van der Waals surface area contributed by atoms with Crippen LogP contribution in [0.25, 0.3) is 0 Å². The number of fused-ring (bicyclic) bond motifs is 1. The van der Waals surface area contributed by atoms with E-state index in [1.54, 1.807) is 0 Å². The van der Waals surface area contributed by atoms with Crippen LogP contribution in [0, 0.1) is 0 Å². The number of imide groups is 1. The van der Waals surface area contributed by atoms with Gasteiger partial charge in [-0.3, -0.25) is 24.5 Å². The molecule has 1 saturated heterocycles. The van der Waals surface area contributed by atoms with Crippen molar-refractivity contribution in [1.82, 2.24) is 15.0 Å². The molecule has 14 heteroatoms. The Bertz CT molecular complexity index is 1300. The molecule has 7 nitrogen and oxygen atoms in total. The molecule has 2 heterocycles. The van der Waals surface area contributed by atoms with Crippen molar-refractivity contribution in [2.45, 2.75) is 37.3 Å². The van der Waals surface area contributed by atoms with Crippen LogP contribution in [0.3, 0.4) is 0 Å². The second kappa shape index (κ2) is 9.42. The summed E-state index contributed by atoms with van der Waals surface area (Å²) in [7, 11) is 24.2. The Morgan fingerprint density at radius 3 is 2.44 bits per heavy atom. The second-order valence-corrected chi connectivity index (χ2v) is 8.89. The fraction of sp³-hybridized carbons (Fsp3) is 0.273. The third-order valence-electron chi connectivity index (χ3n) is 6.22. The number of alkyl halides is 2. The summed E-state index contributed by atoms with van der Waals surface area (Å²) < 4.78 is 29.6. The maximum Gasteiger partial charge on any atom is 0.348 e. The number of amides is 4. The van der Waals surface area contributed by atoms with E-state index in [2.05, 4.69) is 5.32 Å². The Labute approximate surface area is 215 Å². The van der Waals surface area contributed by atoms with Gasteiger partial charge in [-0.25, -0.2) is 0 Å². The molecule has 0 saturated carbocycles. The van der Waals surface area contributed by atoms with E-state index in [0.717, 1.165) is 17.0 Å². The number of nitrogens with one attached hydrogen (secondary N) is 1. The lowest BCUT2D eigenvalue weighted by Gasteiger charge is -2.33. The van der Waals surface area contributed by atoms with E-state index < -0.39 is 53.6 Å². The highest BCUT2D eigenvalue weighted by atomic mass is 35.5. The number of hydrogen-bond acceptors (Lipinski definition) is 4. The van der Waals surface area contributed by atoms with Crippen LogP contribution in [-0.4, -0.2) is 70.9 Å². The lowest BCUT2D eigenvalue weighted by molar-refractivity contribution is -0.154. The summed E-state index contributed by atoms with van der Waals surface area (Å²) in [5.41, 5.74) is -0.695. The Morgan fingerprint density at radius 1 is 1.19 bits per heavy atom. The van der Waals surface area contributed by atoms with E-state index in [4.69, 9.17) is 43.1 Å². The molecule has 0 spiro atoms. The van der Waals surface area contributed by atoms with Gasteiger partial charge in [0.2, 0.25) is 19.8 Å². The quantitative estimate of drug-likeness (QED) is 0.445. The van der Waals surface area contributed by atoms with E-state index in [1.165, 1.54) is 18.2 Å². The fourth-order valence-electron chi connectivity index (χ4n) is 4.35. The maximum absolute atomic E-state index is 14.8. The van der Waals surface area contributed by atoms with Crippen molar-refractivity contribution < 1.29 is 28.0 Å². The first kappa shape index (κ1) is 26.0. The van der Waals surface area contributed by atoms with Gasteiger partial charge in [-0.1, -0.05) is 40.7 Å². The average Bonchev–Trinajstić information content (AvgIpc) is 3.06. The summed E-state index contributed by atoms with van der Waals surface area (Å²) in [6.45, 7) is -0.619. The van der Waals surface area contributed by atoms with Crippen LogP contribution in [0.2, 0.25) is 5.02 Å². The van der Waals surface area contributed by atoms with E-state index in [0.29, 0.717) is 0 Å². The molecule has 2 aliphatic rings. The van der Waals surface area contributed by atoms with Crippen LogP contribution >= 0.6 is 11.6 Å². The molecule has 0 aromatic heterocycles. The average molecular weight is 501 g/mol. The highest BCUT2D eigenvalue weighted by Gasteiger charge is 2.45. The van der Waals surface area contributed by atoms with Gasteiger partial charge >= 0.3 is 5.92 Å². The predicted octanol–water partition coefficient (Wildman–Crippen LogP) is -0.440. The number of nitrogens with zero attached hydrogens (tertiary/aromatic N) is 2. The Morgan fingerprint density at radius 2 is 1.83 bits per heavy atom. The van der Waals surface area contributed by atoms with Crippen molar-refractivity contribution >= 4 is 77.7 Å². The first-order valence-electron chi connectivity index (χ1n) is 10.7. The van der Waals surface area contributed by atoms with Crippen molar-refractivity contribution in [3.05, 3.63) is 57.6 Å². The standard InChI is InChI=1S/C22H14B4ClF2N3O4/c23-13-7-11-16(18(25)32(20(11)35)14-5-6-15(33)30-19(14)34)17(24)12(13)8-31(26)21(36)22(28,29)9-1-3-10(27)4-2-9/h1-4,7,14,18H,5-6,8H2,(H,30,33,34). The third kappa shape index (κ3) is 4.34. The molecule has 36 heavy (non-hydrogen) atoms. The normalized spacial score (nSPS) is 19.8. The number of benzene rings is 2. The van der Waals surface area contributed by atoms with Crippen molar-refractivity contribution in [3.63, 3.8) is 0 Å². The third-order valence-corrected chi connectivity index (χ3v) is 6.48. The van der Waals surface area contributed by atoms with Crippen LogP contribution in [0.4, 0.5) is 8.78 Å². The number of carbonyl (C=O) groups excluding carboxylic acids is 4. The molecule has 0 bridgehead atoms. The summed E-state index contributed by atoms with van der Waals surface area (Å²) in [6, 6.07) is 4.64. The zero-order valence-corrected chi connectivity index (χ0v) is 19.4. The van der Waals surface area contributed by atoms with Gasteiger partial charge in [0.25, 0.3) is 11.8 Å². The van der Waals surface area contributed by atoms with Crippen LogP contribution < -0.4 is 16.2 Å². The molecule has 4 rings (SSSR count). The van der Waals surface area contributed by atoms with Gasteiger partial charge in [-0.05, 0) is 29.7 Å². The molecule has 0 aliphatic carbocycles. The summed E-state index contributed by atoms with van der Waals surface area (Å²) in [4.78, 5) is 50.8. The van der Waals surface area contributed by atoms with Gasteiger partial charge in [0.1, 0.15) is 29.6 Å². The van der Waals surface area contributed by atoms with E-state index in [1.807, 2.05) is 0 Å². The maximum atomic E-state index is 14.8. The number of halogens is 3. The summed E-state index contributed by atoms with van der Waals surface area (Å²) >= 11 is 5.72. The number of hydrogen-bond donors (Lipinski definition) is 1. The Kier molecular flexibility index (Phi) is 6.81. The highest BCUT2D eigenvalue weighted by molar-refractivity contribution is 6.42. The highest BCUT2D eigenvalue weighted by Crippen LogP contribution is 2.35. The van der Waals surface area contributed by atoms with E-state index in [9.17, 15) is 28.0 Å². The van der Waals surface area contributed by atoms with Crippen LogP contribution in [0.1, 0.15) is 45.8 Å². The minimum Gasteiger partial charge on any atom is -0.387 e. The molecular formula is C22H14B4ClF2N3O4. The number of rotatable bonds is 5. The molecular weight excluding hydrogens is 487 g/mol. The van der Waals surface area contributed by atoms with Gasteiger partial charge in [0.05, 0.1) is 0 Å². The van der Waals surface area contributed by atoms with E-state index in [-0.39, 0.29) is 50.3 Å². The molecule has 2 aromatic rings. The summed E-state index contributed by atoms with van der Waals surface area (Å²) in [5.74, 6) is -8.68. The Hall–Kier alpha value is -3.07. The van der Waals surface area contributed by atoms with Crippen molar-refractivity contribution in [2.75, 3.05) is 0 Å². The molecule has 4 amide bonds. The number of carbonyl (C=O) groups is 4. The van der Waals surface area contributed by atoms with Gasteiger partial charge in [-0.15, -0.1) is 0 Å². The first-order chi connectivity index (χ1) is 16.8. The summed E-state index contributed by atoms with van der Waals surface area (Å²) in [5, 5.41) is 2.37. The van der Waals surface area contributed by atoms with E-state index >= 15 is 0 Å². The van der Waals surface area contributed by atoms with Gasteiger partial charge in [-0.2, -0.15) is 8.78 Å². The molecule has 1 N–H and O–H groups in total. The molecule has 2 aliphatic heterocycles. The Balaban J connectivity index is 1.62. The molecule has 174 valence electrons. The van der Waals surface area contributed by atoms with Gasteiger partial charge < -0.3 is 9.71 Å². The van der Waals surface area contributed by atoms with Crippen LogP contribution in [0.5, 0.6) is 0 Å². The van der Waals surface area contributed by atoms with Gasteiger partial charge in [0.15, 0.2) is 0 Å². The molecule has 8 radical (unpaired) electrons. The monoisotopic (exact) mass is 501 g/mol. The van der Waals surface area contributed by atoms with Crippen molar-refractivity contribution in [1.29, 1.82) is 0 Å². The lowest BCUT2D eigenvalue weighted by Crippen LogP contribution is -2.53. The van der Waals surface area contributed by atoms with Crippen LogP contribution in [-0.2, 0) is 26.9 Å². The number of piperidine rings is 1. The summed E-state index contributed by atoms with van der Waals surface area (Å²) in [6.07, 6.45) is 0.0728. The zero-order valence-electron chi connectivity index (χ0n) is 18.6. The molecule has 2 atom stereocenters. The fourth-order valence-corrected chi connectivity index (χ4v) is 4.47. The molecule has 2 aromatic carbocycles. The van der Waals surface area contributed by atoms with Crippen molar-refractivity contribution in [2.24, 2.45) is 0 Å². The first-order valence-corrected chi connectivity index (χ1v) is 11.1. The lowest BCUT2D eigenvalue weighted by atomic mass is 9.72. The predicted molar refractivity (Wildman–Crippen MR) is 130 cm³/mol.